The molecule has 0 saturated heterocycles. The van der Waals surface area contributed by atoms with Gasteiger partial charge in [-0.25, -0.2) is 0 Å². The first kappa shape index (κ1) is 13.2. The molecule has 1 N–H and O–H groups in total. The highest BCUT2D eigenvalue weighted by Crippen LogP contribution is 2.20. The Bertz CT molecular complexity index is 720. The molecule has 0 aliphatic carbocycles. The van der Waals surface area contributed by atoms with E-state index in [-0.39, 0.29) is 11.3 Å². The first-order valence-electron chi connectivity index (χ1n) is 5.67. The molecule has 0 aliphatic heterocycles. The Kier molecular flexibility index (Phi) is 3.72. The molecule has 0 atom stereocenters. The zero-order chi connectivity index (χ0) is 14.5. The number of nitrogens with one attached hydrogen (secondary N) is 1. The lowest BCUT2D eigenvalue weighted by molar-refractivity contribution is -0.385. The summed E-state index contributed by atoms with van der Waals surface area (Å²) in [6, 6.07) is 14.0. The van der Waals surface area contributed by atoms with Gasteiger partial charge in [-0.3, -0.25) is 14.9 Å². The van der Waals surface area contributed by atoms with E-state index in [4.69, 9.17) is 5.26 Å². The molecule has 0 saturated carbocycles. The van der Waals surface area contributed by atoms with Crippen LogP contribution >= 0.6 is 0 Å². The average molecular weight is 267 g/mol. The van der Waals surface area contributed by atoms with Gasteiger partial charge in [0.25, 0.3) is 11.6 Å². The van der Waals surface area contributed by atoms with E-state index < -0.39 is 10.8 Å². The predicted octanol–water partition coefficient (Wildman–Crippen LogP) is 2.72. The number of hydrogen-bond acceptors (Lipinski definition) is 4. The minimum Gasteiger partial charge on any atom is -0.321 e. The second-order valence-corrected chi connectivity index (χ2v) is 3.89. The number of nitrogens with zero attached hydrogens (tertiary/aromatic N) is 2. The maximum Gasteiger partial charge on any atom is 0.282 e. The highest BCUT2D eigenvalue weighted by molar-refractivity contribution is 6.07. The van der Waals surface area contributed by atoms with Crippen LogP contribution in [0.4, 0.5) is 11.4 Å². The van der Waals surface area contributed by atoms with Crippen molar-refractivity contribution < 1.29 is 9.72 Å². The van der Waals surface area contributed by atoms with Gasteiger partial charge < -0.3 is 5.32 Å². The number of carbonyl (C=O) groups excluding carboxylic acids is 1. The van der Waals surface area contributed by atoms with Crippen LogP contribution in [0.1, 0.15) is 15.9 Å². The van der Waals surface area contributed by atoms with Crippen LogP contribution in [-0.2, 0) is 0 Å². The number of nitriles is 1. The van der Waals surface area contributed by atoms with Gasteiger partial charge >= 0.3 is 0 Å². The van der Waals surface area contributed by atoms with E-state index in [0.717, 1.165) is 0 Å². The molecule has 0 aliphatic rings. The first-order valence-corrected chi connectivity index (χ1v) is 5.67. The molecule has 0 bridgehead atoms. The van der Waals surface area contributed by atoms with Gasteiger partial charge in [-0.1, -0.05) is 24.3 Å². The molecule has 2 aromatic rings. The molecular weight excluding hydrogens is 258 g/mol. The van der Waals surface area contributed by atoms with Gasteiger partial charge in [0.2, 0.25) is 0 Å². The highest BCUT2D eigenvalue weighted by Gasteiger charge is 2.19. The molecule has 0 radical (unpaired) electrons. The second-order valence-electron chi connectivity index (χ2n) is 3.89. The highest BCUT2D eigenvalue weighted by atomic mass is 16.6. The molecule has 6 nitrogen and oxygen atoms in total. The lowest BCUT2D eigenvalue weighted by Gasteiger charge is -2.07. The third kappa shape index (κ3) is 2.62. The summed E-state index contributed by atoms with van der Waals surface area (Å²) in [5.74, 6) is -0.625. The summed E-state index contributed by atoms with van der Waals surface area (Å²) >= 11 is 0. The Morgan fingerprint density at radius 1 is 1.15 bits per heavy atom. The van der Waals surface area contributed by atoms with Crippen LogP contribution in [0, 0.1) is 21.4 Å². The van der Waals surface area contributed by atoms with Crippen molar-refractivity contribution in [2.75, 3.05) is 5.32 Å². The van der Waals surface area contributed by atoms with Crippen molar-refractivity contribution in [2.45, 2.75) is 0 Å². The van der Waals surface area contributed by atoms with E-state index >= 15 is 0 Å². The van der Waals surface area contributed by atoms with Gasteiger partial charge in [0.1, 0.15) is 11.6 Å². The Morgan fingerprint density at radius 2 is 1.80 bits per heavy atom. The van der Waals surface area contributed by atoms with Crippen LogP contribution in [-0.4, -0.2) is 10.8 Å². The number of para-hydroxylation sites is 2. The quantitative estimate of drug-likeness (QED) is 0.683. The minimum atomic E-state index is -0.625. The number of carbonyl (C=O) groups is 1. The maximum atomic E-state index is 12.1. The Balaban J connectivity index is 2.34. The lowest BCUT2D eigenvalue weighted by Crippen LogP contribution is -2.14. The van der Waals surface area contributed by atoms with Gasteiger partial charge in [0, 0.05) is 6.07 Å². The monoisotopic (exact) mass is 267 g/mol. The summed E-state index contributed by atoms with van der Waals surface area (Å²) in [6.45, 7) is 0. The minimum absolute atomic E-state index is 0.0507. The molecule has 0 heterocycles. The van der Waals surface area contributed by atoms with Crippen LogP contribution in [0.25, 0.3) is 0 Å². The zero-order valence-electron chi connectivity index (χ0n) is 10.2. The molecule has 6 heteroatoms. The topological polar surface area (TPSA) is 96.0 Å². The molecule has 0 spiro atoms. The van der Waals surface area contributed by atoms with Crippen molar-refractivity contribution in [1.82, 2.24) is 0 Å². The fourth-order valence-electron chi connectivity index (χ4n) is 1.70. The first-order chi connectivity index (χ1) is 9.63. The third-order valence-corrected chi connectivity index (χ3v) is 2.64. The molecule has 0 fully saturated rings. The van der Waals surface area contributed by atoms with E-state index in [9.17, 15) is 14.9 Å². The summed E-state index contributed by atoms with van der Waals surface area (Å²) in [4.78, 5) is 22.3. The molecule has 1 amide bonds. The second kappa shape index (κ2) is 5.63. The molecule has 98 valence electrons. The molecule has 2 aromatic carbocycles. The van der Waals surface area contributed by atoms with Crippen LogP contribution in [0.3, 0.4) is 0 Å². The third-order valence-electron chi connectivity index (χ3n) is 2.64. The number of benzene rings is 2. The predicted molar refractivity (Wildman–Crippen MR) is 72.2 cm³/mol. The Labute approximate surface area is 114 Å². The van der Waals surface area contributed by atoms with Crippen molar-refractivity contribution in [3.8, 4) is 6.07 Å². The fourth-order valence-corrected chi connectivity index (χ4v) is 1.70. The fraction of sp³-hybridized carbons (Fsp3) is 0. The summed E-state index contributed by atoms with van der Waals surface area (Å²) in [6.07, 6.45) is 0. The molecule has 2 rings (SSSR count). The van der Waals surface area contributed by atoms with Crippen LogP contribution in [0.15, 0.2) is 48.5 Å². The Morgan fingerprint density at radius 3 is 2.50 bits per heavy atom. The SMILES string of the molecule is N#Cc1ccccc1NC(=O)c1ccccc1[N+](=O)[O-]. The van der Waals surface area contributed by atoms with E-state index in [1.54, 1.807) is 24.3 Å². The summed E-state index contributed by atoms with van der Waals surface area (Å²) in [5, 5.41) is 22.3. The van der Waals surface area contributed by atoms with E-state index in [1.165, 1.54) is 24.3 Å². The lowest BCUT2D eigenvalue weighted by atomic mass is 10.1. The van der Waals surface area contributed by atoms with Gasteiger partial charge in [0.15, 0.2) is 0 Å². The smallest absolute Gasteiger partial charge is 0.282 e. The van der Waals surface area contributed by atoms with Crippen molar-refractivity contribution in [3.63, 3.8) is 0 Å². The summed E-state index contributed by atoms with van der Waals surface area (Å²) < 4.78 is 0. The van der Waals surface area contributed by atoms with Crippen LogP contribution in [0.5, 0.6) is 0 Å². The van der Waals surface area contributed by atoms with E-state index in [1.807, 2.05) is 6.07 Å². The molecule has 0 aromatic heterocycles. The Hall–Kier alpha value is -3.20. The maximum absolute atomic E-state index is 12.1. The standard InChI is InChI=1S/C14H9N3O3/c15-9-10-5-1-3-7-12(10)16-14(18)11-6-2-4-8-13(11)17(19)20/h1-8H,(H,16,18). The summed E-state index contributed by atoms with van der Waals surface area (Å²) in [5.41, 5.74) is 0.280. The van der Waals surface area contributed by atoms with Crippen molar-refractivity contribution in [2.24, 2.45) is 0 Å². The van der Waals surface area contributed by atoms with Crippen molar-refractivity contribution in [3.05, 3.63) is 69.8 Å². The molecular formula is C14H9N3O3. The van der Waals surface area contributed by atoms with E-state index in [0.29, 0.717) is 11.3 Å². The summed E-state index contributed by atoms with van der Waals surface area (Å²) in [7, 11) is 0. The van der Waals surface area contributed by atoms with Crippen molar-refractivity contribution >= 4 is 17.3 Å². The number of amides is 1. The number of nitro groups is 1. The number of anilines is 1. The van der Waals surface area contributed by atoms with Gasteiger partial charge in [-0.15, -0.1) is 0 Å². The van der Waals surface area contributed by atoms with Crippen molar-refractivity contribution in [1.29, 1.82) is 5.26 Å². The average Bonchev–Trinajstić information content (AvgIpc) is 2.47. The number of nitro benzene ring substituents is 1. The van der Waals surface area contributed by atoms with Crippen LogP contribution in [0.2, 0.25) is 0 Å². The van der Waals surface area contributed by atoms with Gasteiger partial charge in [0.05, 0.1) is 16.2 Å². The largest absolute Gasteiger partial charge is 0.321 e. The normalized spacial score (nSPS) is 9.55. The van der Waals surface area contributed by atoms with Gasteiger partial charge in [-0.2, -0.15) is 5.26 Å². The van der Waals surface area contributed by atoms with Crippen LogP contribution < -0.4 is 5.32 Å². The zero-order valence-corrected chi connectivity index (χ0v) is 10.2. The van der Waals surface area contributed by atoms with E-state index in [2.05, 4.69) is 5.32 Å². The molecule has 20 heavy (non-hydrogen) atoms. The number of hydrogen-bond donors (Lipinski definition) is 1. The molecule has 0 unspecified atom stereocenters. The van der Waals surface area contributed by atoms with Gasteiger partial charge in [-0.05, 0) is 18.2 Å². The number of rotatable bonds is 3.